The summed E-state index contributed by atoms with van der Waals surface area (Å²) >= 11 is 1.88. The van der Waals surface area contributed by atoms with E-state index in [1.807, 2.05) is 17.8 Å². The van der Waals surface area contributed by atoms with Crippen LogP contribution in [0.4, 0.5) is 0 Å². The maximum Gasteiger partial charge on any atom is 0.0541 e. The summed E-state index contributed by atoms with van der Waals surface area (Å²) in [5.74, 6) is 1.11. The summed E-state index contributed by atoms with van der Waals surface area (Å²) in [7, 11) is 0. The predicted molar refractivity (Wildman–Crippen MR) is 50.8 cm³/mol. The van der Waals surface area contributed by atoms with Crippen molar-refractivity contribution in [3.63, 3.8) is 0 Å². The molecule has 0 unspecified atom stereocenters. The van der Waals surface area contributed by atoms with Gasteiger partial charge < -0.3 is 0 Å². The third-order valence-corrected chi connectivity index (χ3v) is 2.94. The van der Waals surface area contributed by atoms with Crippen LogP contribution in [0.2, 0.25) is 0 Å². The van der Waals surface area contributed by atoms with Crippen molar-refractivity contribution in [2.24, 2.45) is 0 Å². The van der Waals surface area contributed by atoms with Gasteiger partial charge in [-0.1, -0.05) is 24.8 Å². The Labute approximate surface area is 72.7 Å². The molecule has 0 atom stereocenters. The minimum Gasteiger partial charge on any atom is -0.125 e. The highest BCUT2D eigenvalue weighted by Crippen LogP contribution is 2.35. The molecular weight excluding hydrogens is 152 g/mol. The van der Waals surface area contributed by atoms with Gasteiger partial charge in [0.15, 0.2) is 0 Å². The molecule has 0 fully saturated rings. The van der Waals surface area contributed by atoms with Gasteiger partial charge in [-0.2, -0.15) is 0 Å². The Morgan fingerprint density at radius 1 is 1.45 bits per heavy atom. The molecule has 0 aromatic heterocycles. The van der Waals surface area contributed by atoms with Crippen molar-refractivity contribution in [2.75, 3.05) is 5.75 Å². The highest BCUT2D eigenvalue weighted by atomic mass is 32.2. The Hall–Kier alpha value is -0.690. The van der Waals surface area contributed by atoms with Crippen LogP contribution in [0, 0.1) is 0 Å². The lowest BCUT2D eigenvalue weighted by Gasteiger charge is -2.16. The number of rotatable bonds is 0. The quantitative estimate of drug-likeness (QED) is 0.566. The van der Waals surface area contributed by atoms with Crippen LogP contribution in [0.3, 0.4) is 0 Å². The summed E-state index contributed by atoms with van der Waals surface area (Å²) in [6.45, 7) is 1.48. The molecule has 0 radical (unpaired) electrons. The molecule has 1 heteroatoms. The molecule has 0 saturated carbocycles. The van der Waals surface area contributed by atoms with Crippen LogP contribution in [0.5, 0.6) is 0 Å². The van der Waals surface area contributed by atoms with Crippen LogP contribution in [0.25, 0.3) is 5.57 Å². The first-order valence-corrected chi connectivity index (χ1v) is 4.70. The van der Waals surface area contributed by atoms with Gasteiger partial charge in [-0.05, 0) is 23.6 Å². The molecule has 0 aliphatic carbocycles. The van der Waals surface area contributed by atoms with Crippen LogP contribution in [0.1, 0.15) is 13.4 Å². The van der Waals surface area contributed by atoms with E-state index in [1.165, 1.54) is 22.6 Å². The lowest BCUT2D eigenvalue weighted by Crippen LogP contribution is -1.95. The zero-order valence-corrected chi connectivity index (χ0v) is 7.03. The number of hydrogen-bond donors (Lipinski definition) is 0. The smallest absolute Gasteiger partial charge is 0.0541 e. The van der Waals surface area contributed by atoms with Crippen molar-refractivity contribution in [1.82, 2.24) is 0 Å². The second kappa shape index (κ2) is 2.74. The van der Waals surface area contributed by atoms with Gasteiger partial charge >= 0.3 is 0 Å². The topological polar surface area (TPSA) is 0 Å². The second-order valence-electron chi connectivity index (χ2n) is 2.62. The van der Waals surface area contributed by atoms with Crippen molar-refractivity contribution in [1.29, 1.82) is 0 Å². The minimum atomic E-state index is 1.03. The predicted octanol–water partition coefficient (Wildman–Crippen LogP) is 3.20. The Morgan fingerprint density at radius 2 is 2.36 bits per heavy atom. The summed E-state index contributed by atoms with van der Waals surface area (Å²) < 4.78 is 7.26. The van der Waals surface area contributed by atoms with E-state index in [2.05, 4.69) is 18.2 Å². The molecule has 0 amide bonds. The summed E-state index contributed by atoms with van der Waals surface area (Å²) in [6, 6.07) is 8.32. The first-order valence-electron chi connectivity index (χ1n) is 4.29. The molecule has 1 aromatic carbocycles. The molecule has 11 heavy (non-hydrogen) atoms. The van der Waals surface area contributed by atoms with Crippen molar-refractivity contribution in [3.8, 4) is 0 Å². The Morgan fingerprint density at radius 3 is 3.27 bits per heavy atom. The zero-order chi connectivity index (χ0) is 8.39. The van der Waals surface area contributed by atoms with Gasteiger partial charge in [0.2, 0.25) is 0 Å². The van der Waals surface area contributed by atoms with Crippen molar-refractivity contribution < 1.29 is 1.37 Å². The Bertz CT molecular complexity index is 317. The molecule has 2 rings (SSSR count). The summed E-state index contributed by atoms with van der Waals surface area (Å²) in [6.07, 6.45) is 1.03. The fourth-order valence-corrected chi connectivity index (χ4v) is 2.33. The Kier molecular flexibility index (Phi) is 1.47. The highest BCUT2D eigenvalue weighted by Gasteiger charge is 2.10. The molecule has 1 aliphatic heterocycles. The van der Waals surface area contributed by atoms with E-state index in [-0.39, 0.29) is 0 Å². The normalized spacial score (nSPS) is 21.1. The molecule has 1 aliphatic rings. The van der Waals surface area contributed by atoms with Gasteiger partial charge in [-0.25, -0.2) is 0 Å². The van der Waals surface area contributed by atoms with Crippen LogP contribution >= 0.6 is 11.8 Å². The molecule has 56 valence electrons. The van der Waals surface area contributed by atoms with Crippen LogP contribution in [-0.2, 0) is 0 Å². The van der Waals surface area contributed by atoms with E-state index in [4.69, 9.17) is 1.37 Å². The van der Waals surface area contributed by atoms with Gasteiger partial charge in [0, 0.05) is 10.6 Å². The van der Waals surface area contributed by atoms with E-state index in [0.717, 1.165) is 12.2 Å². The minimum absolute atomic E-state index is 1.03. The molecule has 0 saturated heterocycles. The maximum absolute atomic E-state index is 7.26. The fourth-order valence-electron chi connectivity index (χ4n) is 1.26. The summed E-state index contributed by atoms with van der Waals surface area (Å²) in [4.78, 5) is 1.32. The van der Waals surface area contributed by atoms with Gasteiger partial charge in [-0.15, -0.1) is 11.8 Å². The second-order valence-corrected chi connectivity index (χ2v) is 3.76. The molecule has 0 bridgehead atoms. The fraction of sp³-hybridized carbons (Fsp3) is 0.200. The third-order valence-electron chi connectivity index (χ3n) is 1.86. The molecule has 1 aromatic rings. The summed E-state index contributed by atoms with van der Waals surface area (Å²) in [5.41, 5.74) is 2.42. The monoisotopic (exact) mass is 163 g/mol. The number of allylic oxidation sites excluding steroid dienone is 1. The lowest BCUT2D eigenvalue weighted by molar-refractivity contribution is 1.19. The van der Waals surface area contributed by atoms with Gasteiger partial charge in [0.05, 0.1) is 1.37 Å². The molecule has 1 heterocycles. The number of fused-ring (bicyclic) bond motifs is 1. The number of hydrogen-bond acceptors (Lipinski definition) is 1. The standard InChI is InChI=1S/C10H10S/c1-8-6-7-11-10-5-3-2-4-9(8)10/h2-5H,1,6-7H2/i1D. The van der Waals surface area contributed by atoms with Crippen molar-refractivity contribution in [2.45, 2.75) is 11.3 Å². The molecule has 0 spiro atoms. The average molecular weight is 163 g/mol. The van der Waals surface area contributed by atoms with E-state index in [0.29, 0.717) is 0 Å². The molecule has 0 nitrogen and oxygen atoms in total. The van der Waals surface area contributed by atoms with Crippen LogP contribution in [-0.4, -0.2) is 5.75 Å². The van der Waals surface area contributed by atoms with Gasteiger partial charge in [0.1, 0.15) is 0 Å². The number of thioether (sulfide) groups is 1. The zero-order valence-electron chi connectivity index (χ0n) is 7.21. The van der Waals surface area contributed by atoms with Crippen LogP contribution in [0.15, 0.2) is 35.7 Å². The molecule has 0 N–H and O–H groups in total. The largest absolute Gasteiger partial charge is 0.125 e. The van der Waals surface area contributed by atoms with Gasteiger partial charge in [0.25, 0.3) is 0 Å². The Balaban J connectivity index is 2.51. The molecular formula is C10H10S. The van der Waals surface area contributed by atoms with E-state index < -0.39 is 0 Å². The third kappa shape index (κ3) is 1.21. The summed E-state index contributed by atoms with van der Waals surface area (Å²) in [5, 5.41) is 0. The van der Waals surface area contributed by atoms with Crippen molar-refractivity contribution in [3.05, 3.63) is 36.4 Å². The van der Waals surface area contributed by atoms with E-state index in [9.17, 15) is 0 Å². The number of benzene rings is 1. The maximum atomic E-state index is 7.26. The van der Waals surface area contributed by atoms with E-state index in [1.54, 1.807) is 0 Å². The first kappa shape index (κ1) is 5.90. The highest BCUT2D eigenvalue weighted by molar-refractivity contribution is 7.99. The first-order chi connectivity index (χ1) is 5.92. The van der Waals surface area contributed by atoms with E-state index >= 15 is 0 Å². The lowest BCUT2D eigenvalue weighted by atomic mass is 10.1. The van der Waals surface area contributed by atoms with Crippen molar-refractivity contribution >= 4 is 17.3 Å². The average Bonchev–Trinajstić information content (AvgIpc) is 2.17. The van der Waals surface area contributed by atoms with Crippen LogP contribution < -0.4 is 0 Å². The van der Waals surface area contributed by atoms with Gasteiger partial charge in [-0.3, -0.25) is 0 Å². The SMILES string of the molecule is [2H]C=C1CCSc2ccccc21.